The Morgan fingerprint density at radius 2 is 2.19 bits per heavy atom. The van der Waals surface area contributed by atoms with E-state index in [0.29, 0.717) is 18.3 Å². The zero-order valence-electron chi connectivity index (χ0n) is 9.46. The second-order valence-corrected chi connectivity index (χ2v) is 3.78. The molecule has 1 aromatic carbocycles. The smallest absolute Gasteiger partial charge is 0.174 e. The van der Waals surface area contributed by atoms with Crippen molar-refractivity contribution < 1.29 is 9.13 Å². The van der Waals surface area contributed by atoms with E-state index in [1.807, 2.05) is 19.9 Å². The Kier molecular flexibility index (Phi) is 4.74. The van der Waals surface area contributed by atoms with Crippen LogP contribution < -0.4 is 10.1 Å². The summed E-state index contributed by atoms with van der Waals surface area (Å²) in [6.07, 6.45) is 0. The number of nitrogens with zero attached hydrogens (tertiary/aromatic N) is 1. The van der Waals surface area contributed by atoms with Crippen molar-refractivity contribution in [2.24, 2.45) is 0 Å². The lowest BCUT2D eigenvalue weighted by Crippen LogP contribution is -2.21. The van der Waals surface area contributed by atoms with Crippen LogP contribution in [0.2, 0.25) is 0 Å². The predicted molar refractivity (Wildman–Crippen MR) is 59.5 cm³/mol. The lowest BCUT2D eigenvalue weighted by molar-refractivity contribution is 0.365. The topological polar surface area (TPSA) is 45.0 Å². The Morgan fingerprint density at radius 3 is 2.81 bits per heavy atom. The largest absolute Gasteiger partial charge is 0.479 e. The van der Waals surface area contributed by atoms with Gasteiger partial charge in [-0.3, -0.25) is 0 Å². The molecule has 0 aliphatic rings. The zero-order valence-corrected chi connectivity index (χ0v) is 9.46. The standard InChI is InChI=1S/C12H15FN2O/c1-9(2)15-8-10-5-11(13)7-12(6-10)16-4-3-14/h5-7,9,15H,4,8H2,1-2H3. The number of nitriles is 1. The van der Waals surface area contributed by atoms with E-state index in [0.717, 1.165) is 5.56 Å². The van der Waals surface area contributed by atoms with Crippen LogP contribution in [0, 0.1) is 17.1 Å². The highest BCUT2D eigenvalue weighted by Crippen LogP contribution is 2.16. The minimum Gasteiger partial charge on any atom is -0.479 e. The summed E-state index contributed by atoms with van der Waals surface area (Å²) in [4.78, 5) is 0. The van der Waals surface area contributed by atoms with E-state index in [2.05, 4.69) is 5.32 Å². The van der Waals surface area contributed by atoms with E-state index >= 15 is 0 Å². The number of benzene rings is 1. The molecule has 0 aromatic heterocycles. The minimum atomic E-state index is -0.351. The van der Waals surface area contributed by atoms with Crippen molar-refractivity contribution in [3.8, 4) is 11.8 Å². The van der Waals surface area contributed by atoms with Crippen molar-refractivity contribution in [3.05, 3.63) is 29.6 Å². The van der Waals surface area contributed by atoms with Gasteiger partial charge in [-0.05, 0) is 17.7 Å². The highest BCUT2D eigenvalue weighted by Gasteiger charge is 2.02. The van der Waals surface area contributed by atoms with Gasteiger partial charge in [0.15, 0.2) is 6.61 Å². The van der Waals surface area contributed by atoms with E-state index in [4.69, 9.17) is 10.00 Å². The van der Waals surface area contributed by atoms with Gasteiger partial charge < -0.3 is 10.1 Å². The second-order valence-electron chi connectivity index (χ2n) is 3.78. The van der Waals surface area contributed by atoms with Crippen molar-refractivity contribution in [2.45, 2.75) is 26.4 Å². The van der Waals surface area contributed by atoms with Gasteiger partial charge in [-0.1, -0.05) is 13.8 Å². The minimum absolute atomic E-state index is 0.0689. The summed E-state index contributed by atoms with van der Waals surface area (Å²) in [7, 11) is 0. The summed E-state index contributed by atoms with van der Waals surface area (Å²) in [5, 5.41) is 11.5. The highest BCUT2D eigenvalue weighted by atomic mass is 19.1. The van der Waals surface area contributed by atoms with Crippen LogP contribution in [0.1, 0.15) is 19.4 Å². The first kappa shape index (κ1) is 12.5. The average Bonchev–Trinajstić information content (AvgIpc) is 2.23. The third-order valence-electron chi connectivity index (χ3n) is 1.95. The quantitative estimate of drug-likeness (QED) is 0.830. The van der Waals surface area contributed by atoms with Crippen molar-refractivity contribution in [2.75, 3.05) is 6.61 Å². The Bertz CT molecular complexity index is 385. The van der Waals surface area contributed by atoms with Gasteiger partial charge >= 0.3 is 0 Å². The van der Waals surface area contributed by atoms with Gasteiger partial charge in [0.25, 0.3) is 0 Å². The first-order valence-electron chi connectivity index (χ1n) is 5.14. The van der Waals surface area contributed by atoms with Gasteiger partial charge in [0.1, 0.15) is 17.6 Å². The molecule has 0 atom stereocenters. The van der Waals surface area contributed by atoms with Gasteiger partial charge in [-0.25, -0.2) is 4.39 Å². The average molecular weight is 222 g/mol. The molecule has 86 valence electrons. The number of hydrogen-bond donors (Lipinski definition) is 1. The fraction of sp³-hybridized carbons (Fsp3) is 0.417. The molecule has 0 radical (unpaired) electrons. The first-order chi connectivity index (χ1) is 7.61. The van der Waals surface area contributed by atoms with Crippen molar-refractivity contribution in [3.63, 3.8) is 0 Å². The van der Waals surface area contributed by atoms with E-state index in [9.17, 15) is 4.39 Å². The molecule has 0 aliphatic heterocycles. The Labute approximate surface area is 94.8 Å². The SMILES string of the molecule is CC(C)NCc1cc(F)cc(OCC#N)c1. The third-order valence-corrected chi connectivity index (χ3v) is 1.95. The van der Waals surface area contributed by atoms with Crippen molar-refractivity contribution in [1.29, 1.82) is 5.26 Å². The third kappa shape index (κ3) is 4.28. The van der Waals surface area contributed by atoms with Gasteiger partial charge in [0.2, 0.25) is 0 Å². The van der Waals surface area contributed by atoms with Crippen LogP contribution in [0.15, 0.2) is 18.2 Å². The number of hydrogen-bond acceptors (Lipinski definition) is 3. The van der Waals surface area contributed by atoms with Crippen LogP contribution in [-0.2, 0) is 6.54 Å². The molecular formula is C12H15FN2O. The molecule has 0 saturated heterocycles. The van der Waals surface area contributed by atoms with Crippen LogP contribution in [0.25, 0.3) is 0 Å². The van der Waals surface area contributed by atoms with Gasteiger partial charge in [-0.15, -0.1) is 0 Å². The van der Waals surface area contributed by atoms with Crippen LogP contribution in [0.4, 0.5) is 4.39 Å². The van der Waals surface area contributed by atoms with Gasteiger partial charge in [0.05, 0.1) is 0 Å². The molecule has 0 heterocycles. The number of rotatable bonds is 5. The lowest BCUT2D eigenvalue weighted by atomic mass is 10.2. The molecule has 4 heteroatoms. The van der Waals surface area contributed by atoms with E-state index < -0.39 is 0 Å². The molecular weight excluding hydrogens is 207 g/mol. The molecule has 0 unspecified atom stereocenters. The normalized spacial score (nSPS) is 10.2. The van der Waals surface area contributed by atoms with Crippen LogP contribution in [0.5, 0.6) is 5.75 Å². The summed E-state index contributed by atoms with van der Waals surface area (Å²) in [6, 6.07) is 6.64. The van der Waals surface area contributed by atoms with E-state index in [-0.39, 0.29) is 12.4 Å². The first-order valence-corrected chi connectivity index (χ1v) is 5.14. The second kappa shape index (κ2) is 6.09. The fourth-order valence-corrected chi connectivity index (χ4v) is 1.24. The number of halogens is 1. The summed E-state index contributed by atoms with van der Waals surface area (Å²) < 4.78 is 18.2. The summed E-state index contributed by atoms with van der Waals surface area (Å²) in [6.45, 7) is 4.55. The molecule has 0 bridgehead atoms. The Hall–Kier alpha value is -1.60. The zero-order chi connectivity index (χ0) is 12.0. The molecule has 0 aliphatic carbocycles. The molecule has 0 saturated carbocycles. The Balaban J connectivity index is 2.70. The predicted octanol–water partition coefficient (Wildman–Crippen LogP) is 2.23. The monoisotopic (exact) mass is 222 g/mol. The molecule has 1 N–H and O–H groups in total. The molecule has 1 aromatic rings. The highest BCUT2D eigenvalue weighted by molar-refractivity contribution is 5.29. The van der Waals surface area contributed by atoms with E-state index in [1.54, 1.807) is 6.07 Å². The molecule has 1 rings (SSSR count). The maximum atomic E-state index is 13.2. The van der Waals surface area contributed by atoms with E-state index in [1.165, 1.54) is 12.1 Å². The maximum absolute atomic E-state index is 13.2. The van der Waals surface area contributed by atoms with Crippen molar-refractivity contribution >= 4 is 0 Å². The molecule has 0 amide bonds. The van der Waals surface area contributed by atoms with Crippen molar-refractivity contribution in [1.82, 2.24) is 5.32 Å². The lowest BCUT2D eigenvalue weighted by Gasteiger charge is -2.09. The maximum Gasteiger partial charge on any atom is 0.174 e. The van der Waals surface area contributed by atoms with Gasteiger partial charge in [-0.2, -0.15) is 5.26 Å². The summed E-state index contributed by atoms with van der Waals surface area (Å²) in [5.41, 5.74) is 0.807. The van der Waals surface area contributed by atoms with Crippen LogP contribution in [0.3, 0.4) is 0 Å². The van der Waals surface area contributed by atoms with Crippen LogP contribution in [-0.4, -0.2) is 12.6 Å². The summed E-state index contributed by atoms with van der Waals surface area (Å²) in [5.74, 6) is 0.0399. The van der Waals surface area contributed by atoms with Gasteiger partial charge in [0, 0.05) is 18.7 Å². The number of nitrogens with one attached hydrogen (secondary N) is 1. The Morgan fingerprint density at radius 1 is 1.44 bits per heavy atom. The number of ether oxygens (including phenoxy) is 1. The molecule has 16 heavy (non-hydrogen) atoms. The van der Waals surface area contributed by atoms with Crippen LogP contribution >= 0.6 is 0 Å². The molecule has 3 nitrogen and oxygen atoms in total. The fourth-order valence-electron chi connectivity index (χ4n) is 1.24. The summed E-state index contributed by atoms with van der Waals surface area (Å²) >= 11 is 0. The molecule has 0 fully saturated rings. The molecule has 0 spiro atoms.